The van der Waals surface area contributed by atoms with Gasteiger partial charge in [-0.3, -0.25) is 9.69 Å². The molecule has 0 radical (unpaired) electrons. The van der Waals surface area contributed by atoms with E-state index in [4.69, 9.17) is 0 Å². The molecule has 0 bridgehead atoms. The number of hydrogen-bond acceptors (Lipinski definition) is 4. The van der Waals surface area contributed by atoms with Crippen molar-refractivity contribution in [1.29, 1.82) is 0 Å². The third kappa shape index (κ3) is 5.53. The van der Waals surface area contributed by atoms with Gasteiger partial charge in [-0.2, -0.15) is 0 Å². The van der Waals surface area contributed by atoms with E-state index < -0.39 is 0 Å². The molecule has 0 amide bonds. The average molecular weight is 277 g/mol. The van der Waals surface area contributed by atoms with Gasteiger partial charge < -0.3 is 9.53 Å². The van der Waals surface area contributed by atoms with Crippen molar-refractivity contribution in [2.24, 2.45) is 0 Å². The van der Waals surface area contributed by atoms with E-state index in [0.29, 0.717) is 18.9 Å². The monoisotopic (exact) mass is 277 g/mol. The molecular formula is C16H23NO3. The van der Waals surface area contributed by atoms with E-state index in [-0.39, 0.29) is 5.97 Å². The first kappa shape index (κ1) is 16.4. The van der Waals surface area contributed by atoms with Crippen LogP contribution < -0.4 is 0 Å². The quantitative estimate of drug-likeness (QED) is 0.540. The van der Waals surface area contributed by atoms with Crippen molar-refractivity contribution in [2.75, 3.05) is 14.2 Å². The first-order valence-electron chi connectivity index (χ1n) is 6.85. The Bertz CT molecular complexity index is 428. The molecule has 110 valence electrons. The largest absolute Gasteiger partial charge is 0.469 e. The molecule has 0 aliphatic carbocycles. The maximum Gasteiger partial charge on any atom is 0.309 e. The standard InChI is InChI=1S/C16H23NO3/c1-13(5-4-10-18)17(2)12-15-8-6-14(7-9-15)11-16(19)20-3/h6-10,13H,4-5,11-12H2,1-3H3. The van der Waals surface area contributed by atoms with Crippen LogP contribution in [-0.2, 0) is 27.3 Å². The number of benzene rings is 1. The third-order valence-corrected chi connectivity index (χ3v) is 3.49. The number of aldehydes is 1. The van der Waals surface area contributed by atoms with Crippen LogP contribution in [0.5, 0.6) is 0 Å². The summed E-state index contributed by atoms with van der Waals surface area (Å²) in [6.07, 6.45) is 2.75. The lowest BCUT2D eigenvalue weighted by atomic mass is 10.1. The van der Waals surface area contributed by atoms with Crippen LogP contribution in [0.15, 0.2) is 24.3 Å². The summed E-state index contributed by atoms with van der Waals surface area (Å²) in [5.74, 6) is -0.225. The molecule has 0 fully saturated rings. The summed E-state index contributed by atoms with van der Waals surface area (Å²) >= 11 is 0. The van der Waals surface area contributed by atoms with Crippen LogP contribution in [0.4, 0.5) is 0 Å². The second-order valence-electron chi connectivity index (χ2n) is 5.08. The second kappa shape index (κ2) is 8.48. The van der Waals surface area contributed by atoms with Crippen LogP contribution in [0.1, 0.15) is 30.9 Å². The number of rotatable bonds is 8. The van der Waals surface area contributed by atoms with Gasteiger partial charge in [-0.15, -0.1) is 0 Å². The number of hydrogen-bond donors (Lipinski definition) is 0. The van der Waals surface area contributed by atoms with Gasteiger partial charge in [0, 0.05) is 19.0 Å². The normalized spacial score (nSPS) is 12.2. The molecule has 0 saturated heterocycles. The van der Waals surface area contributed by atoms with Crippen molar-refractivity contribution in [3.63, 3.8) is 0 Å². The van der Waals surface area contributed by atoms with Crippen LogP contribution in [0.2, 0.25) is 0 Å². The maximum atomic E-state index is 11.2. The number of ether oxygens (including phenoxy) is 1. The molecule has 0 aromatic heterocycles. The molecule has 4 nitrogen and oxygen atoms in total. The van der Waals surface area contributed by atoms with Gasteiger partial charge in [0.1, 0.15) is 6.29 Å². The van der Waals surface area contributed by atoms with E-state index in [1.54, 1.807) is 0 Å². The number of methoxy groups -OCH3 is 1. The highest BCUT2D eigenvalue weighted by Crippen LogP contribution is 2.11. The molecule has 0 N–H and O–H groups in total. The zero-order valence-corrected chi connectivity index (χ0v) is 12.5. The molecule has 0 heterocycles. The Morgan fingerprint density at radius 3 is 2.45 bits per heavy atom. The third-order valence-electron chi connectivity index (χ3n) is 3.49. The fourth-order valence-electron chi connectivity index (χ4n) is 1.97. The summed E-state index contributed by atoms with van der Waals surface area (Å²) in [6.45, 7) is 2.95. The topological polar surface area (TPSA) is 46.6 Å². The predicted octanol–water partition coefficient (Wildman–Crippen LogP) is 2.20. The van der Waals surface area contributed by atoms with Crippen molar-refractivity contribution in [1.82, 2.24) is 4.90 Å². The lowest BCUT2D eigenvalue weighted by Crippen LogP contribution is -2.28. The fraction of sp³-hybridized carbons (Fsp3) is 0.500. The molecule has 1 rings (SSSR count). The Morgan fingerprint density at radius 2 is 1.90 bits per heavy atom. The summed E-state index contributed by atoms with van der Waals surface area (Å²) in [6, 6.07) is 8.34. The summed E-state index contributed by atoms with van der Waals surface area (Å²) in [5.41, 5.74) is 2.15. The molecule has 20 heavy (non-hydrogen) atoms. The fourth-order valence-corrected chi connectivity index (χ4v) is 1.97. The highest BCUT2D eigenvalue weighted by molar-refractivity contribution is 5.72. The van der Waals surface area contributed by atoms with Crippen LogP contribution in [0, 0.1) is 0 Å². The van der Waals surface area contributed by atoms with E-state index in [9.17, 15) is 9.59 Å². The highest BCUT2D eigenvalue weighted by Gasteiger charge is 2.09. The van der Waals surface area contributed by atoms with Gasteiger partial charge in [-0.1, -0.05) is 24.3 Å². The SMILES string of the molecule is COC(=O)Cc1ccc(CN(C)C(C)CCC=O)cc1. The minimum Gasteiger partial charge on any atom is -0.469 e. The van der Waals surface area contributed by atoms with Gasteiger partial charge in [-0.05, 0) is 31.5 Å². The molecule has 4 heteroatoms. The van der Waals surface area contributed by atoms with E-state index >= 15 is 0 Å². The number of nitrogens with zero attached hydrogens (tertiary/aromatic N) is 1. The molecule has 0 spiro atoms. The van der Waals surface area contributed by atoms with Gasteiger partial charge >= 0.3 is 5.97 Å². The van der Waals surface area contributed by atoms with Crippen LogP contribution >= 0.6 is 0 Å². The van der Waals surface area contributed by atoms with Gasteiger partial charge in [0.25, 0.3) is 0 Å². The minimum atomic E-state index is -0.225. The van der Waals surface area contributed by atoms with Gasteiger partial charge in [0.05, 0.1) is 13.5 Å². The maximum absolute atomic E-state index is 11.2. The predicted molar refractivity (Wildman–Crippen MR) is 78.4 cm³/mol. The van der Waals surface area contributed by atoms with Gasteiger partial charge in [0.2, 0.25) is 0 Å². The molecule has 1 atom stereocenters. The molecule has 1 aromatic rings. The zero-order valence-electron chi connectivity index (χ0n) is 12.5. The molecular weight excluding hydrogens is 254 g/mol. The highest BCUT2D eigenvalue weighted by atomic mass is 16.5. The average Bonchev–Trinajstić information content (AvgIpc) is 2.46. The summed E-state index contributed by atoms with van der Waals surface area (Å²) < 4.78 is 4.64. The minimum absolute atomic E-state index is 0.225. The van der Waals surface area contributed by atoms with Gasteiger partial charge in [0.15, 0.2) is 0 Å². The first-order chi connectivity index (χ1) is 9.56. The Hall–Kier alpha value is -1.68. The van der Waals surface area contributed by atoms with Crippen molar-refractivity contribution in [3.8, 4) is 0 Å². The van der Waals surface area contributed by atoms with Crippen molar-refractivity contribution in [3.05, 3.63) is 35.4 Å². The Balaban J connectivity index is 2.52. The number of carbonyl (C=O) groups is 2. The first-order valence-corrected chi connectivity index (χ1v) is 6.85. The van der Waals surface area contributed by atoms with Crippen LogP contribution in [0.3, 0.4) is 0 Å². The molecule has 1 unspecified atom stereocenters. The van der Waals surface area contributed by atoms with Gasteiger partial charge in [-0.25, -0.2) is 0 Å². The Labute approximate surface area is 120 Å². The van der Waals surface area contributed by atoms with Crippen LogP contribution in [0.25, 0.3) is 0 Å². The molecule has 0 aliphatic rings. The summed E-state index contributed by atoms with van der Waals surface area (Å²) in [7, 11) is 3.45. The second-order valence-corrected chi connectivity index (χ2v) is 5.08. The van der Waals surface area contributed by atoms with Crippen molar-refractivity contribution >= 4 is 12.3 Å². The zero-order chi connectivity index (χ0) is 15.0. The number of carbonyl (C=O) groups excluding carboxylic acids is 2. The lowest BCUT2D eigenvalue weighted by molar-refractivity contribution is -0.139. The molecule has 0 saturated carbocycles. The Kier molecular flexibility index (Phi) is 6.94. The van der Waals surface area contributed by atoms with E-state index in [1.807, 2.05) is 24.3 Å². The molecule has 1 aromatic carbocycles. The molecule has 0 aliphatic heterocycles. The van der Waals surface area contributed by atoms with E-state index in [2.05, 4.69) is 23.6 Å². The smallest absolute Gasteiger partial charge is 0.309 e. The summed E-state index contributed by atoms with van der Waals surface area (Å²) in [4.78, 5) is 23.8. The summed E-state index contributed by atoms with van der Waals surface area (Å²) in [5, 5.41) is 0. The Morgan fingerprint density at radius 1 is 1.30 bits per heavy atom. The lowest BCUT2D eigenvalue weighted by Gasteiger charge is -2.24. The van der Waals surface area contributed by atoms with Crippen LogP contribution in [-0.4, -0.2) is 37.4 Å². The van der Waals surface area contributed by atoms with E-state index in [0.717, 1.165) is 24.8 Å². The van der Waals surface area contributed by atoms with Crippen molar-refractivity contribution < 1.29 is 14.3 Å². The number of esters is 1. The van der Waals surface area contributed by atoms with E-state index in [1.165, 1.54) is 12.7 Å². The van der Waals surface area contributed by atoms with Crippen molar-refractivity contribution in [2.45, 2.75) is 38.8 Å².